The number of esters is 2. The number of ether oxygens (including phenoxy) is 2. The van der Waals surface area contributed by atoms with E-state index in [2.05, 4.69) is 13.8 Å². The molecule has 0 amide bonds. The number of carbonyl (C=O) groups is 2. The van der Waals surface area contributed by atoms with E-state index in [0.717, 1.165) is 32.1 Å². The van der Waals surface area contributed by atoms with Gasteiger partial charge in [0.2, 0.25) is 6.23 Å². The fourth-order valence-corrected chi connectivity index (χ4v) is 5.19. The fourth-order valence-electron chi connectivity index (χ4n) is 5.19. The van der Waals surface area contributed by atoms with Crippen molar-refractivity contribution in [3.63, 3.8) is 0 Å². The molecule has 39 heavy (non-hydrogen) atoms. The molecule has 0 aliphatic heterocycles. The largest absolute Gasteiger partial charge is 0.450 e. The van der Waals surface area contributed by atoms with Gasteiger partial charge in [0.05, 0.1) is 21.1 Å². The van der Waals surface area contributed by atoms with Gasteiger partial charge < -0.3 is 9.47 Å². The molecule has 2 unspecified atom stereocenters. The summed E-state index contributed by atoms with van der Waals surface area (Å²) in [6, 6.07) is 0. The number of quaternary nitrogens is 1. The molecule has 5 nitrogen and oxygen atoms in total. The van der Waals surface area contributed by atoms with Gasteiger partial charge in [0.15, 0.2) is 6.10 Å². The van der Waals surface area contributed by atoms with E-state index in [4.69, 9.17) is 9.47 Å². The summed E-state index contributed by atoms with van der Waals surface area (Å²) in [7, 11) is 6.07. The predicted molar refractivity (Wildman–Crippen MR) is 166 cm³/mol. The van der Waals surface area contributed by atoms with Crippen LogP contribution in [0.5, 0.6) is 0 Å². The third-order valence-electron chi connectivity index (χ3n) is 7.81. The Balaban J connectivity index is 4.29. The highest BCUT2D eigenvalue weighted by molar-refractivity contribution is 5.79. The highest BCUT2D eigenvalue weighted by Gasteiger charge is 2.31. The number of carbonyl (C=O) groups excluding carboxylic acids is 2. The summed E-state index contributed by atoms with van der Waals surface area (Å²) >= 11 is 0. The first-order valence-electron chi connectivity index (χ1n) is 17.0. The molecule has 0 spiro atoms. The van der Waals surface area contributed by atoms with E-state index >= 15 is 0 Å². The van der Waals surface area contributed by atoms with Gasteiger partial charge in [0, 0.05) is 12.8 Å². The molecule has 232 valence electrons. The first kappa shape index (κ1) is 37.9. The Morgan fingerprint density at radius 1 is 0.538 bits per heavy atom. The van der Waals surface area contributed by atoms with Crippen LogP contribution in [0.3, 0.4) is 0 Å². The van der Waals surface area contributed by atoms with Gasteiger partial charge in [-0.3, -0.25) is 9.28 Å². The van der Waals surface area contributed by atoms with E-state index in [1.807, 2.05) is 28.1 Å². The van der Waals surface area contributed by atoms with Crippen molar-refractivity contribution < 1.29 is 23.5 Å². The van der Waals surface area contributed by atoms with Crippen LogP contribution in [-0.4, -0.2) is 49.9 Å². The number of hydrogen-bond donors (Lipinski definition) is 0. The van der Waals surface area contributed by atoms with Crippen LogP contribution in [0.1, 0.15) is 175 Å². The minimum atomic E-state index is -0.778. The average Bonchev–Trinajstić information content (AvgIpc) is 2.89. The lowest BCUT2D eigenvalue weighted by Gasteiger charge is -2.33. The molecule has 0 aromatic rings. The Hall–Kier alpha value is -1.10. The molecule has 0 aliphatic rings. The molecule has 5 heteroatoms. The van der Waals surface area contributed by atoms with Crippen molar-refractivity contribution >= 4 is 11.9 Å². The fraction of sp³-hybridized carbons (Fsp3) is 0.941. The number of rotatable bonds is 28. The lowest BCUT2D eigenvalue weighted by atomic mass is 10.0. The molecule has 0 N–H and O–H groups in total. The minimum absolute atomic E-state index is 0.238. The quantitative estimate of drug-likeness (QED) is 0.0418. The Morgan fingerprint density at radius 2 is 0.923 bits per heavy atom. The van der Waals surface area contributed by atoms with E-state index in [9.17, 15) is 9.59 Å². The van der Waals surface area contributed by atoms with Gasteiger partial charge in [-0.05, 0) is 19.3 Å². The Bertz CT molecular complexity index is 572. The second-order valence-electron chi connectivity index (χ2n) is 12.7. The molecule has 0 saturated heterocycles. The van der Waals surface area contributed by atoms with Gasteiger partial charge in [0.1, 0.15) is 0 Å². The van der Waals surface area contributed by atoms with Gasteiger partial charge in [0.25, 0.3) is 0 Å². The summed E-state index contributed by atoms with van der Waals surface area (Å²) < 4.78 is 12.1. The second-order valence-corrected chi connectivity index (χ2v) is 12.7. The topological polar surface area (TPSA) is 52.6 Å². The van der Waals surface area contributed by atoms with E-state index in [-0.39, 0.29) is 18.2 Å². The zero-order valence-electron chi connectivity index (χ0n) is 27.2. The third-order valence-corrected chi connectivity index (χ3v) is 7.81. The van der Waals surface area contributed by atoms with Crippen LogP contribution in [0.2, 0.25) is 0 Å². The normalized spacial score (nSPS) is 13.3. The lowest BCUT2D eigenvalue weighted by molar-refractivity contribution is -0.917. The summed E-state index contributed by atoms with van der Waals surface area (Å²) in [5, 5.41) is 0. The van der Waals surface area contributed by atoms with Crippen molar-refractivity contribution in [2.45, 2.75) is 187 Å². The van der Waals surface area contributed by atoms with Crippen molar-refractivity contribution in [3.05, 3.63) is 0 Å². The lowest BCUT2D eigenvalue weighted by Crippen LogP contribution is -2.48. The molecular formula is C34H68NO4+. The van der Waals surface area contributed by atoms with Crippen molar-refractivity contribution in [2.75, 3.05) is 21.1 Å². The van der Waals surface area contributed by atoms with Crippen LogP contribution >= 0.6 is 0 Å². The van der Waals surface area contributed by atoms with E-state index < -0.39 is 6.10 Å². The van der Waals surface area contributed by atoms with E-state index in [1.54, 1.807) is 0 Å². The summed E-state index contributed by atoms with van der Waals surface area (Å²) in [6.45, 7) is 6.53. The molecule has 0 saturated carbocycles. The van der Waals surface area contributed by atoms with Gasteiger partial charge >= 0.3 is 11.9 Å². The Morgan fingerprint density at radius 3 is 1.31 bits per heavy atom. The highest BCUT2D eigenvalue weighted by Crippen LogP contribution is 2.18. The van der Waals surface area contributed by atoms with Gasteiger partial charge in [-0.1, -0.05) is 143 Å². The van der Waals surface area contributed by atoms with Gasteiger partial charge in [-0.15, -0.1) is 0 Å². The Labute approximate surface area is 243 Å². The molecule has 0 rings (SSSR count). The molecular weight excluding hydrogens is 486 g/mol. The van der Waals surface area contributed by atoms with Gasteiger partial charge in [-0.2, -0.15) is 0 Å². The zero-order valence-corrected chi connectivity index (χ0v) is 27.2. The number of hydrogen-bond acceptors (Lipinski definition) is 4. The SMILES string of the molecule is CCCCCCCCCCCCCCCC(=O)OC(CCCCCCCCCC)C(=O)OC(CC)[N+](C)(C)C. The molecule has 0 radical (unpaired) electrons. The molecule has 0 aromatic heterocycles. The monoisotopic (exact) mass is 555 g/mol. The maximum Gasteiger partial charge on any atom is 0.351 e. The predicted octanol–water partition coefficient (Wildman–Crippen LogP) is 9.90. The molecule has 0 fully saturated rings. The molecule has 2 atom stereocenters. The van der Waals surface area contributed by atoms with Gasteiger partial charge in [-0.25, -0.2) is 4.79 Å². The van der Waals surface area contributed by atoms with Crippen LogP contribution in [0.4, 0.5) is 0 Å². The molecule has 0 aromatic carbocycles. The molecule has 0 aliphatic carbocycles. The van der Waals surface area contributed by atoms with Crippen LogP contribution in [0.15, 0.2) is 0 Å². The first-order valence-corrected chi connectivity index (χ1v) is 17.0. The molecule has 0 heterocycles. The van der Waals surface area contributed by atoms with Crippen LogP contribution in [-0.2, 0) is 19.1 Å². The minimum Gasteiger partial charge on any atom is -0.450 e. The third kappa shape index (κ3) is 23.3. The van der Waals surface area contributed by atoms with Crippen LogP contribution < -0.4 is 0 Å². The number of nitrogens with zero attached hydrogens (tertiary/aromatic N) is 1. The van der Waals surface area contributed by atoms with E-state index in [1.165, 1.54) is 109 Å². The van der Waals surface area contributed by atoms with Crippen molar-refractivity contribution in [2.24, 2.45) is 0 Å². The zero-order chi connectivity index (χ0) is 29.2. The number of unbranched alkanes of at least 4 members (excludes halogenated alkanes) is 19. The van der Waals surface area contributed by atoms with Crippen molar-refractivity contribution in [3.8, 4) is 0 Å². The van der Waals surface area contributed by atoms with Crippen LogP contribution in [0.25, 0.3) is 0 Å². The summed E-state index contributed by atoms with van der Waals surface area (Å²) in [5.74, 6) is -0.630. The van der Waals surface area contributed by atoms with Crippen LogP contribution in [0, 0.1) is 0 Å². The molecule has 0 bridgehead atoms. The van der Waals surface area contributed by atoms with Crippen molar-refractivity contribution in [1.29, 1.82) is 0 Å². The van der Waals surface area contributed by atoms with Crippen molar-refractivity contribution in [1.82, 2.24) is 0 Å². The van der Waals surface area contributed by atoms with E-state index in [0.29, 0.717) is 17.3 Å². The standard InChI is InChI=1S/C34H68NO4/c1-7-10-12-14-16-18-19-20-21-22-24-26-28-30-33(36)38-31(29-27-25-23-17-15-13-11-8-2)34(37)39-32(9-3)35(4,5)6/h31-32H,7-30H2,1-6H3/q+1. The smallest absolute Gasteiger partial charge is 0.351 e. The maximum atomic E-state index is 13.0. The second kappa shape index (κ2) is 25.8. The first-order chi connectivity index (χ1) is 18.8. The summed E-state index contributed by atoms with van der Waals surface area (Å²) in [5.41, 5.74) is 0. The average molecular weight is 555 g/mol. The summed E-state index contributed by atoms with van der Waals surface area (Å²) in [6.07, 6.45) is 26.8. The highest BCUT2D eigenvalue weighted by atomic mass is 16.6. The summed E-state index contributed by atoms with van der Waals surface area (Å²) in [4.78, 5) is 25.6. The Kier molecular flexibility index (Phi) is 25.1. The maximum absolute atomic E-state index is 13.0.